The second-order valence-corrected chi connectivity index (χ2v) is 2.80. The molecule has 2 N–H and O–H groups in total. The number of rotatable bonds is 4. The van der Waals surface area contributed by atoms with E-state index in [2.05, 4.69) is 0 Å². The topological polar surface area (TPSA) is 113 Å². The number of hydrogen-bond acceptors (Lipinski definition) is 5. The lowest BCUT2D eigenvalue weighted by atomic mass is 10.2. The molecule has 7 heteroatoms. The van der Waals surface area contributed by atoms with Gasteiger partial charge in [0.1, 0.15) is 13.0 Å². The number of hydrogen-bond donors (Lipinski definition) is 2. The lowest BCUT2D eigenvalue weighted by Gasteiger charge is -2.02. The fraction of sp³-hybridized carbons (Fsp3) is 0.200. The summed E-state index contributed by atoms with van der Waals surface area (Å²) in [5, 5.41) is 16.2. The fourth-order valence-electron chi connectivity index (χ4n) is 0.913. The summed E-state index contributed by atoms with van der Waals surface area (Å²) in [6, 6.07) is 9.09. The van der Waals surface area contributed by atoms with Crippen molar-refractivity contribution in [2.24, 2.45) is 5.34 Å². The van der Waals surface area contributed by atoms with E-state index in [4.69, 9.17) is 20.0 Å². The van der Waals surface area contributed by atoms with Crippen molar-refractivity contribution in [1.82, 2.24) is 0 Å². The van der Waals surface area contributed by atoms with E-state index >= 15 is 0 Å². The molecule has 0 saturated carbocycles. The summed E-state index contributed by atoms with van der Waals surface area (Å²) >= 11 is 0. The van der Waals surface area contributed by atoms with Crippen LogP contribution in [0.15, 0.2) is 35.7 Å². The molecule has 1 aromatic rings. The van der Waals surface area contributed by atoms with Crippen molar-refractivity contribution >= 4 is 11.9 Å². The molecule has 7 nitrogen and oxygen atoms in total. The Balaban J connectivity index is 0.000000770. The first-order chi connectivity index (χ1) is 8.10. The number of benzene rings is 1. The zero-order valence-corrected chi connectivity index (χ0v) is 8.78. The van der Waals surface area contributed by atoms with Crippen molar-refractivity contribution in [2.75, 3.05) is 0 Å². The van der Waals surface area contributed by atoms with Crippen molar-refractivity contribution in [3.05, 3.63) is 40.8 Å². The minimum atomic E-state index is -1.18. The quantitative estimate of drug-likeness (QED) is 0.356. The molecule has 0 amide bonds. The fourth-order valence-corrected chi connectivity index (χ4v) is 0.913. The SMILES string of the molecule is O=C(O)CC(=O)OCc1ccccc1.O=NO. The summed E-state index contributed by atoms with van der Waals surface area (Å²) in [6.45, 7) is 0.118. The average Bonchev–Trinajstić information content (AvgIpc) is 2.28. The highest BCUT2D eigenvalue weighted by molar-refractivity contribution is 5.90. The summed E-state index contributed by atoms with van der Waals surface area (Å²) in [5.74, 6) is -1.90. The van der Waals surface area contributed by atoms with Crippen LogP contribution in [0.1, 0.15) is 12.0 Å². The molecule has 0 saturated heterocycles. The normalized spacial score (nSPS) is 8.47. The van der Waals surface area contributed by atoms with E-state index in [-0.39, 0.29) is 6.61 Å². The molecule has 0 aliphatic heterocycles. The third kappa shape index (κ3) is 8.55. The second-order valence-electron chi connectivity index (χ2n) is 2.80. The molecular formula is C10H11NO6. The molecule has 0 fully saturated rings. The number of nitrogens with zero attached hydrogens (tertiary/aromatic N) is 1. The van der Waals surface area contributed by atoms with Crippen LogP contribution in [0.5, 0.6) is 0 Å². The van der Waals surface area contributed by atoms with Crippen LogP contribution in [0.25, 0.3) is 0 Å². The first-order valence-corrected chi connectivity index (χ1v) is 4.48. The maximum atomic E-state index is 10.8. The number of carbonyl (C=O) groups excluding carboxylic acids is 1. The van der Waals surface area contributed by atoms with Gasteiger partial charge in [0.15, 0.2) is 5.34 Å². The van der Waals surface area contributed by atoms with E-state index in [9.17, 15) is 9.59 Å². The van der Waals surface area contributed by atoms with Crippen molar-refractivity contribution < 1.29 is 24.6 Å². The third-order valence-corrected chi connectivity index (χ3v) is 1.54. The minimum absolute atomic E-state index is 0.118. The van der Waals surface area contributed by atoms with Crippen LogP contribution in [0.3, 0.4) is 0 Å². The molecule has 0 bridgehead atoms. The highest BCUT2D eigenvalue weighted by atomic mass is 16.6. The number of carbonyl (C=O) groups is 2. The first kappa shape index (κ1) is 14.6. The van der Waals surface area contributed by atoms with Gasteiger partial charge in [0.2, 0.25) is 0 Å². The Morgan fingerprint density at radius 3 is 2.24 bits per heavy atom. The van der Waals surface area contributed by atoms with Crippen LogP contribution in [0.2, 0.25) is 0 Å². The Hall–Kier alpha value is -2.44. The highest BCUT2D eigenvalue weighted by Crippen LogP contribution is 2.01. The number of carboxylic acid groups (broad SMARTS) is 1. The van der Waals surface area contributed by atoms with Crippen LogP contribution in [-0.2, 0) is 20.9 Å². The molecule has 17 heavy (non-hydrogen) atoms. The average molecular weight is 241 g/mol. The number of esters is 1. The molecule has 0 aromatic heterocycles. The van der Waals surface area contributed by atoms with E-state index in [1.807, 2.05) is 18.2 Å². The summed E-state index contributed by atoms with van der Waals surface area (Å²) < 4.78 is 4.72. The molecule has 0 aliphatic carbocycles. The zero-order valence-electron chi connectivity index (χ0n) is 8.78. The van der Waals surface area contributed by atoms with Gasteiger partial charge in [0.25, 0.3) is 0 Å². The van der Waals surface area contributed by atoms with E-state index in [0.717, 1.165) is 5.56 Å². The molecule has 0 radical (unpaired) electrons. The molecule has 0 spiro atoms. The Bertz CT molecular complexity index is 364. The lowest BCUT2D eigenvalue weighted by Crippen LogP contribution is -2.10. The van der Waals surface area contributed by atoms with Crippen molar-refractivity contribution in [3.63, 3.8) is 0 Å². The van der Waals surface area contributed by atoms with Gasteiger partial charge >= 0.3 is 11.9 Å². The van der Waals surface area contributed by atoms with Crippen molar-refractivity contribution in [1.29, 1.82) is 0 Å². The number of carboxylic acids is 1. The molecular weight excluding hydrogens is 230 g/mol. The van der Waals surface area contributed by atoms with Gasteiger partial charge in [-0.3, -0.25) is 9.59 Å². The van der Waals surface area contributed by atoms with Gasteiger partial charge in [-0.05, 0) is 5.56 Å². The maximum Gasteiger partial charge on any atom is 0.317 e. The van der Waals surface area contributed by atoms with Crippen LogP contribution >= 0.6 is 0 Å². The molecule has 0 atom stereocenters. The van der Waals surface area contributed by atoms with Gasteiger partial charge < -0.3 is 15.1 Å². The molecule has 0 unspecified atom stereocenters. The van der Waals surface area contributed by atoms with Crippen LogP contribution in [-0.4, -0.2) is 22.3 Å². The van der Waals surface area contributed by atoms with Crippen molar-refractivity contribution in [3.8, 4) is 0 Å². The third-order valence-electron chi connectivity index (χ3n) is 1.54. The van der Waals surface area contributed by atoms with Gasteiger partial charge in [-0.25, -0.2) is 0 Å². The predicted octanol–water partition coefficient (Wildman–Crippen LogP) is 1.35. The van der Waals surface area contributed by atoms with E-state index in [0.29, 0.717) is 0 Å². The number of ether oxygens (including phenoxy) is 1. The van der Waals surface area contributed by atoms with Crippen LogP contribution < -0.4 is 0 Å². The standard InChI is InChI=1S/C10H10O4.HNO2/c11-9(12)6-10(13)14-7-8-4-2-1-3-5-8;2-1-3/h1-5H,6-7H2,(H,11,12);(H,2,3). The van der Waals surface area contributed by atoms with Gasteiger partial charge in [-0.2, -0.15) is 0 Å². The summed E-state index contributed by atoms with van der Waals surface area (Å²) in [5.41, 5.74) is 0.839. The van der Waals surface area contributed by atoms with E-state index in [1.165, 1.54) is 5.34 Å². The number of aliphatic carboxylic acids is 1. The van der Waals surface area contributed by atoms with Gasteiger partial charge in [-0.1, -0.05) is 30.3 Å². The van der Waals surface area contributed by atoms with Gasteiger partial charge in [-0.15, -0.1) is 4.91 Å². The minimum Gasteiger partial charge on any atom is -0.481 e. The Kier molecular flexibility index (Phi) is 7.57. The lowest BCUT2D eigenvalue weighted by molar-refractivity contribution is -0.152. The molecule has 92 valence electrons. The monoisotopic (exact) mass is 241 g/mol. The zero-order chi connectivity index (χ0) is 13.1. The molecule has 0 aliphatic rings. The van der Waals surface area contributed by atoms with Crippen LogP contribution in [0.4, 0.5) is 0 Å². The summed E-state index contributed by atoms with van der Waals surface area (Å²) in [4.78, 5) is 29.1. The van der Waals surface area contributed by atoms with Gasteiger partial charge in [0, 0.05) is 0 Å². The summed E-state index contributed by atoms with van der Waals surface area (Å²) in [7, 11) is 0. The van der Waals surface area contributed by atoms with E-state index < -0.39 is 18.4 Å². The predicted molar refractivity (Wildman–Crippen MR) is 56.1 cm³/mol. The van der Waals surface area contributed by atoms with Gasteiger partial charge in [0.05, 0.1) is 0 Å². The maximum absolute atomic E-state index is 10.8. The largest absolute Gasteiger partial charge is 0.481 e. The molecule has 1 rings (SSSR count). The first-order valence-electron chi connectivity index (χ1n) is 4.48. The van der Waals surface area contributed by atoms with E-state index in [1.54, 1.807) is 12.1 Å². The summed E-state index contributed by atoms with van der Waals surface area (Å²) in [6.07, 6.45) is -0.590. The Labute approximate surface area is 96.6 Å². The van der Waals surface area contributed by atoms with Crippen molar-refractivity contribution in [2.45, 2.75) is 13.0 Å². The second kappa shape index (κ2) is 8.84. The smallest absolute Gasteiger partial charge is 0.317 e. The Morgan fingerprint density at radius 2 is 1.76 bits per heavy atom. The molecule has 0 heterocycles. The highest BCUT2D eigenvalue weighted by Gasteiger charge is 2.08. The molecule has 1 aromatic carbocycles. The van der Waals surface area contributed by atoms with Crippen LogP contribution in [0, 0.1) is 4.91 Å². The Morgan fingerprint density at radius 1 is 1.24 bits per heavy atom.